The number of rotatable bonds is 3. The highest BCUT2D eigenvalue weighted by Gasteiger charge is 2.28. The first-order chi connectivity index (χ1) is 8.78. The second kappa shape index (κ2) is 4.75. The topological polar surface area (TPSA) is 34.4 Å². The van der Waals surface area contributed by atoms with Crippen LogP contribution in [0.2, 0.25) is 0 Å². The van der Waals surface area contributed by atoms with Crippen molar-refractivity contribution in [2.24, 2.45) is 0 Å². The van der Waals surface area contributed by atoms with Crippen molar-refractivity contribution >= 4 is 11.0 Å². The maximum absolute atomic E-state index is 5.95. The Hall–Kier alpha value is -1.32. The van der Waals surface area contributed by atoms with Gasteiger partial charge in [0.2, 0.25) is 0 Å². The molecule has 2 unspecified atom stereocenters. The molecular formula is C15H19NO2. The number of aryl methyl sites for hydroxylation is 1. The molecule has 2 atom stereocenters. The van der Waals surface area contributed by atoms with Gasteiger partial charge in [-0.05, 0) is 45.0 Å². The third-order valence-electron chi connectivity index (χ3n) is 3.65. The summed E-state index contributed by atoms with van der Waals surface area (Å²) < 4.78 is 11.7. The minimum Gasteiger partial charge on any atom is -0.459 e. The standard InChI is InChI=1S/C15H19NO2/c1-10-5-6-12-11(8-10)9-14(18-12)15(16-2)13-4-3-7-17-13/h5-6,8-9,13,15-16H,3-4,7H2,1-2H3. The highest BCUT2D eigenvalue weighted by atomic mass is 16.5. The van der Waals surface area contributed by atoms with Crippen molar-refractivity contribution in [2.45, 2.75) is 31.9 Å². The van der Waals surface area contributed by atoms with E-state index in [1.165, 1.54) is 10.9 Å². The largest absolute Gasteiger partial charge is 0.459 e. The average molecular weight is 245 g/mol. The Bertz CT molecular complexity index is 540. The van der Waals surface area contributed by atoms with Crippen LogP contribution >= 0.6 is 0 Å². The van der Waals surface area contributed by atoms with Crippen LogP contribution in [0.3, 0.4) is 0 Å². The Labute approximate surface area is 107 Å². The van der Waals surface area contributed by atoms with Crippen molar-refractivity contribution in [3.63, 3.8) is 0 Å². The molecule has 2 heterocycles. The fourth-order valence-corrected chi connectivity index (χ4v) is 2.71. The molecule has 3 rings (SSSR count). The zero-order chi connectivity index (χ0) is 12.5. The lowest BCUT2D eigenvalue weighted by Crippen LogP contribution is -2.28. The number of hydrogen-bond acceptors (Lipinski definition) is 3. The molecule has 3 nitrogen and oxygen atoms in total. The van der Waals surface area contributed by atoms with Crippen molar-refractivity contribution in [2.75, 3.05) is 13.7 Å². The van der Waals surface area contributed by atoms with E-state index < -0.39 is 0 Å². The second-order valence-electron chi connectivity index (χ2n) is 5.01. The van der Waals surface area contributed by atoms with Crippen molar-refractivity contribution in [1.82, 2.24) is 5.32 Å². The molecule has 96 valence electrons. The first kappa shape index (κ1) is 11.8. The molecule has 1 aliphatic rings. The summed E-state index contributed by atoms with van der Waals surface area (Å²) in [5.41, 5.74) is 2.21. The van der Waals surface area contributed by atoms with Gasteiger partial charge < -0.3 is 14.5 Å². The molecule has 1 saturated heterocycles. The predicted molar refractivity (Wildman–Crippen MR) is 71.7 cm³/mol. The van der Waals surface area contributed by atoms with Crippen LogP contribution < -0.4 is 5.32 Å². The van der Waals surface area contributed by atoms with Crippen LogP contribution in [0.1, 0.15) is 30.2 Å². The second-order valence-corrected chi connectivity index (χ2v) is 5.01. The van der Waals surface area contributed by atoms with E-state index in [2.05, 4.69) is 30.4 Å². The molecule has 0 spiro atoms. The van der Waals surface area contributed by atoms with Gasteiger partial charge in [0.1, 0.15) is 11.3 Å². The fourth-order valence-electron chi connectivity index (χ4n) is 2.71. The molecule has 18 heavy (non-hydrogen) atoms. The van der Waals surface area contributed by atoms with Crippen LogP contribution in [-0.2, 0) is 4.74 Å². The van der Waals surface area contributed by atoms with Crippen molar-refractivity contribution < 1.29 is 9.15 Å². The molecule has 2 aromatic rings. The van der Waals surface area contributed by atoms with Gasteiger partial charge >= 0.3 is 0 Å². The lowest BCUT2D eigenvalue weighted by atomic mass is 10.1. The van der Waals surface area contributed by atoms with E-state index in [0.29, 0.717) is 0 Å². The number of benzene rings is 1. The van der Waals surface area contributed by atoms with Crippen LogP contribution in [0.5, 0.6) is 0 Å². The number of likely N-dealkylation sites (N-methyl/N-ethyl adjacent to an activating group) is 1. The molecule has 1 aromatic carbocycles. The Kier molecular flexibility index (Phi) is 3.10. The van der Waals surface area contributed by atoms with E-state index in [-0.39, 0.29) is 12.1 Å². The number of fused-ring (bicyclic) bond motifs is 1. The first-order valence-electron chi connectivity index (χ1n) is 6.57. The molecule has 0 bridgehead atoms. The first-order valence-corrected chi connectivity index (χ1v) is 6.57. The number of nitrogens with one attached hydrogen (secondary N) is 1. The van der Waals surface area contributed by atoms with Gasteiger partial charge in [0, 0.05) is 12.0 Å². The van der Waals surface area contributed by atoms with Gasteiger partial charge in [-0.15, -0.1) is 0 Å². The lowest BCUT2D eigenvalue weighted by Gasteiger charge is -2.19. The summed E-state index contributed by atoms with van der Waals surface area (Å²) in [6, 6.07) is 8.56. The molecular weight excluding hydrogens is 226 g/mol. The molecule has 3 heteroatoms. The van der Waals surface area contributed by atoms with Gasteiger partial charge in [0.15, 0.2) is 0 Å². The summed E-state index contributed by atoms with van der Waals surface area (Å²) in [6.07, 6.45) is 2.47. The summed E-state index contributed by atoms with van der Waals surface area (Å²) in [5, 5.41) is 4.49. The van der Waals surface area contributed by atoms with E-state index in [1.54, 1.807) is 0 Å². The Morgan fingerprint density at radius 1 is 1.33 bits per heavy atom. The molecule has 0 aliphatic carbocycles. The predicted octanol–water partition coefficient (Wildman–Crippen LogP) is 3.18. The van der Waals surface area contributed by atoms with Crippen LogP contribution in [0.25, 0.3) is 11.0 Å². The van der Waals surface area contributed by atoms with Gasteiger partial charge in [-0.2, -0.15) is 0 Å². The normalized spacial score (nSPS) is 21.6. The summed E-state index contributed by atoms with van der Waals surface area (Å²) in [6.45, 7) is 2.96. The SMILES string of the molecule is CNC(c1cc2cc(C)ccc2o1)C1CCCO1. The van der Waals surface area contributed by atoms with Gasteiger partial charge in [-0.1, -0.05) is 11.6 Å². The summed E-state index contributed by atoms with van der Waals surface area (Å²) in [4.78, 5) is 0. The van der Waals surface area contributed by atoms with E-state index in [4.69, 9.17) is 9.15 Å². The van der Waals surface area contributed by atoms with Gasteiger partial charge in [-0.3, -0.25) is 0 Å². The Balaban J connectivity index is 1.96. The van der Waals surface area contributed by atoms with E-state index in [0.717, 1.165) is 30.8 Å². The molecule has 1 aliphatic heterocycles. The maximum atomic E-state index is 5.95. The number of ether oxygens (including phenoxy) is 1. The quantitative estimate of drug-likeness (QED) is 0.901. The van der Waals surface area contributed by atoms with Crippen LogP contribution in [0, 0.1) is 6.92 Å². The van der Waals surface area contributed by atoms with Gasteiger partial charge in [0.05, 0.1) is 12.1 Å². The summed E-state index contributed by atoms with van der Waals surface area (Å²) in [5.74, 6) is 0.977. The van der Waals surface area contributed by atoms with Crippen LogP contribution in [0.15, 0.2) is 28.7 Å². The third-order valence-corrected chi connectivity index (χ3v) is 3.65. The number of furan rings is 1. The zero-order valence-electron chi connectivity index (χ0n) is 10.9. The van der Waals surface area contributed by atoms with Crippen molar-refractivity contribution in [1.29, 1.82) is 0 Å². The summed E-state index contributed by atoms with van der Waals surface area (Å²) in [7, 11) is 1.96. The monoisotopic (exact) mass is 245 g/mol. The Morgan fingerprint density at radius 3 is 2.94 bits per heavy atom. The van der Waals surface area contributed by atoms with Crippen LogP contribution in [-0.4, -0.2) is 19.8 Å². The van der Waals surface area contributed by atoms with Crippen LogP contribution in [0.4, 0.5) is 0 Å². The molecule has 1 N–H and O–H groups in total. The highest BCUT2D eigenvalue weighted by molar-refractivity contribution is 5.78. The van der Waals surface area contributed by atoms with Crippen molar-refractivity contribution in [3.8, 4) is 0 Å². The maximum Gasteiger partial charge on any atom is 0.134 e. The lowest BCUT2D eigenvalue weighted by molar-refractivity contribution is 0.0744. The third kappa shape index (κ3) is 2.04. The highest BCUT2D eigenvalue weighted by Crippen LogP contribution is 2.31. The van der Waals surface area contributed by atoms with E-state index in [9.17, 15) is 0 Å². The molecule has 0 radical (unpaired) electrons. The van der Waals surface area contributed by atoms with Gasteiger partial charge in [-0.25, -0.2) is 0 Å². The minimum atomic E-state index is 0.153. The minimum absolute atomic E-state index is 0.153. The van der Waals surface area contributed by atoms with Gasteiger partial charge in [0.25, 0.3) is 0 Å². The molecule has 0 amide bonds. The smallest absolute Gasteiger partial charge is 0.134 e. The van der Waals surface area contributed by atoms with E-state index in [1.807, 2.05) is 13.1 Å². The van der Waals surface area contributed by atoms with Crippen molar-refractivity contribution in [3.05, 3.63) is 35.6 Å². The molecule has 1 fully saturated rings. The summed E-state index contributed by atoms with van der Waals surface area (Å²) >= 11 is 0. The fraction of sp³-hybridized carbons (Fsp3) is 0.467. The molecule has 0 saturated carbocycles. The Morgan fingerprint density at radius 2 is 2.22 bits per heavy atom. The number of hydrogen-bond donors (Lipinski definition) is 1. The van der Waals surface area contributed by atoms with E-state index >= 15 is 0 Å². The average Bonchev–Trinajstić information content (AvgIpc) is 2.98. The zero-order valence-corrected chi connectivity index (χ0v) is 10.9. The molecule has 1 aromatic heterocycles.